The molecule has 0 radical (unpaired) electrons. The Bertz CT molecular complexity index is 1040. The number of benzene rings is 2. The first kappa shape index (κ1) is 24.4. The lowest BCUT2D eigenvalue weighted by atomic mass is 10.1. The third-order valence-corrected chi connectivity index (χ3v) is 4.90. The van der Waals surface area contributed by atoms with Gasteiger partial charge < -0.3 is 15.4 Å². The zero-order valence-electron chi connectivity index (χ0n) is 19.0. The number of halogens is 3. The average molecular weight is 459 g/mol. The van der Waals surface area contributed by atoms with Crippen LogP contribution in [0.5, 0.6) is 5.75 Å². The van der Waals surface area contributed by atoms with Gasteiger partial charge in [-0.1, -0.05) is 38.0 Å². The van der Waals surface area contributed by atoms with E-state index in [2.05, 4.69) is 27.5 Å². The summed E-state index contributed by atoms with van der Waals surface area (Å²) < 4.78 is 46.6. The fraction of sp³-hybridized carbons (Fsp3) is 0.360. The first-order valence-corrected chi connectivity index (χ1v) is 11.1. The predicted molar refractivity (Wildman–Crippen MR) is 125 cm³/mol. The van der Waals surface area contributed by atoms with Crippen LogP contribution in [0.2, 0.25) is 0 Å². The van der Waals surface area contributed by atoms with E-state index in [9.17, 15) is 13.2 Å². The van der Waals surface area contributed by atoms with Gasteiger partial charge in [0.05, 0.1) is 6.10 Å². The van der Waals surface area contributed by atoms with Gasteiger partial charge in [-0.25, -0.2) is 4.98 Å². The quantitative estimate of drug-likeness (QED) is 0.308. The van der Waals surface area contributed by atoms with E-state index in [1.165, 1.54) is 0 Å². The largest absolute Gasteiger partial charge is 0.491 e. The summed E-state index contributed by atoms with van der Waals surface area (Å²) in [6.07, 6.45) is 0.125. The Hall–Kier alpha value is -3.29. The second-order valence-corrected chi connectivity index (χ2v) is 8.01. The number of nitrogens with zero attached hydrogens (tertiary/aromatic N) is 2. The maximum atomic E-state index is 13.7. The Morgan fingerprint density at radius 3 is 2.36 bits per heavy atom. The molecule has 0 saturated carbocycles. The van der Waals surface area contributed by atoms with Crippen molar-refractivity contribution in [2.24, 2.45) is 0 Å². The Balaban J connectivity index is 1.86. The van der Waals surface area contributed by atoms with Crippen LogP contribution in [0.4, 0.5) is 36.3 Å². The standard InChI is InChI=1S/C25H29F3N4O/c1-4-5-6-9-18-10-7-8-11-22(18)31-23-21(25(26,27)28)16-29-24(32-23)30-19-12-14-20(15-13-19)33-17(2)3/h7-8,10-17H,4-6,9H2,1-3H3,(H2,29,30,31,32). The zero-order valence-corrected chi connectivity index (χ0v) is 19.0. The summed E-state index contributed by atoms with van der Waals surface area (Å²) in [7, 11) is 0. The summed E-state index contributed by atoms with van der Waals surface area (Å²) in [6, 6.07) is 14.4. The van der Waals surface area contributed by atoms with Gasteiger partial charge in [0.2, 0.25) is 5.95 Å². The molecule has 0 saturated heterocycles. The minimum absolute atomic E-state index is 0.0422. The summed E-state index contributed by atoms with van der Waals surface area (Å²) >= 11 is 0. The van der Waals surface area contributed by atoms with Gasteiger partial charge in [0.15, 0.2) is 0 Å². The number of unbranched alkanes of at least 4 members (excludes halogenated alkanes) is 2. The van der Waals surface area contributed by atoms with Crippen LogP contribution in [0.25, 0.3) is 0 Å². The van der Waals surface area contributed by atoms with E-state index < -0.39 is 11.7 Å². The van der Waals surface area contributed by atoms with Gasteiger partial charge in [-0.2, -0.15) is 18.2 Å². The Morgan fingerprint density at radius 1 is 0.970 bits per heavy atom. The van der Waals surface area contributed by atoms with Crippen molar-refractivity contribution in [1.29, 1.82) is 0 Å². The predicted octanol–water partition coefficient (Wildman–Crippen LogP) is 7.50. The third-order valence-electron chi connectivity index (χ3n) is 4.90. The minimum atomic E-state index is -4.59. The molecular weight excluding hydrogens is 429 g/mol. The van der Waals surface area contributed by atoms with Crippen LogP contribution in [0.3, 0.4) is 0 Å². The molecule has 8 heteroatoms. The highest BCUT2D eigenvalue weighted by Gasteiger charge is 2.35. The first-order chi connectivity index (χ1) is 15.8. The second kappa shape index (κ2) is 11.0. The Labute approximate surface area is 192 Å². The third kappa shape index (κ3) is 7.10. The SMILES string of the molecule is CCCCCc1ccccc1Nc1nc(Nc2ccc(OC(C)C)cc2)ncc1C(F)(F)F. The van der Waals surface area contributed by atoms with Crippen molar-refractivity contribution < 1.29 is 17.9 Å². The molecule has 5 nitrogen and oxygen atoms in total. The number of aryl methyl sites for hydroxylation is 1. The first-order valence-electron chi connectivity index (χ1n) is 11.1. The highest BCUT2D eigenvalue weighted by molar-refractivity contribution is 5.65. The molecule has 0 amide bonds. The van der Waals surface area contributed by atoms with E-state index in [1.54, 1.807) is 36.4 Å². The summed E-state index contributed by atoms with van der Waals surface area (Å²) in [5.41, 5.74) is 1.28. The second-order valence-electron chi connectivity index (χ2n) is 8.01. The lowest BCUT2D eigenvalue weighted by molar-refractivity contribution is -0.137. The molecule has 2 aromatic carbocycles. The van der Waals surface area contributed by atoms with E-state index >= 15 is 0 Å². The molecular formula is C25H29F3N4O. The number of para-hydroxylation sites is 1. The van der Waals surface area contributed by atoms with Gasteiger partial charge in [-0.05, 0) is 62.6 Å². The summed E-state index contributed by atoms with van der Waals surface area (Å²) in [6.45, 7) is 5.97. The topological polar surface area (TPSA) is 59.1 Å². The van der Waals surface area contributed by atoms with Crippen molar-refractivity contribution in [1.82, 2.24) is 9.97 Å². The molecule has 1 heterocycles. The van der Waals surface area contributed by atoms with Crippen LogP contribution < -0.4 is 15.4 Å². The molecule has 2 N–H and O–H groups in total. The van der Waals surface area contributed by atoms with E-state index in [0.29, 0.717) is 17.1 Å². The lowest BCUT2D eigenvalue weighted by Gasteiger charge is -2.17. The van der Waals surface area contributed by atoms with Crippen molar-refractivity contribution in [3.63, 3.8) is 0 Å². The molecule has 1 aromatic heterocycles. The van der Waals surface area contributed by atoms with Gasteiger partial charge in [0.25, 0.3) is 0 Å². The summed E-state index contributed by atoms with van der Waals surface area (Å²) in [4.78, 5) is 8.04. The molecule has 3 aromatic rings. The van der Waals surface area contributed by atoms with Crippen LogP contribution in [0.1, 0.15) is 51.2 Å². The fourth-order valence-electron chi connectivity index (χ4n) is 3.32. The molecule has 3 rings (SSSR count). The molecule has 0 fully saturated rings. The number of anilines is 4. The van der Waals surface area contributed by atoms with Gasteiger partial charge in [-0.15, -0.1) is 0 Å². The normalized spacial score (nSPS) is 11.5. The molecule has 0 spiro atoms. The van der Waals surface area contributed by atoms with Crippen LogP contribution in [0, 0.1) is 0 Å². The summed E-state index contributed by atoms with van der Waals surface area (Å²) in [5.74, 6) is 0.472. The molecule has 0 aliphatic carbocycles. The van der Waals surface area contributed by atoms with Crippen molar-refractivity contribution in [2.75, 3.05) is 10.6 Å². The van der Waals surface area contributed by atoms with Gasteiger partial charge >= 0.3 is 6.18 Å². The number of rotatable bonds is 10. The number of hydrogen-bond acceptors (Lipinski definition) is 5. The zero-order chi connectivity index (χ0) is 23.8. The van der Waals surface area contributed by atoms with Gasteiger partial charge in [0, 0.05) is 17.6 Å². The molecule has 33 heavy (non-hydrogen) atoms. The number of ether oxygens (including phenoxy) is 1. The lowest BCUT2D eigenvalue weighted by Crippen LogP contribution is -2.13. The molecule has 176 valence electrons. The average Bonchev–Trinajstić information content (AvgIpc) is 2.75. The van der Waals surface area contributed by atoms with Gasteiger partial charge in [0.1, 0.15) is 17.1 Å². The van der Waals surface area contributed by atoms with E-state index in [1.807, 2.05) is 26.0 Å². The Morgan fingerprint density at radius 2 is 1.70 bits per heavy atom. The number of aromatic nitrogens is 2. The van der Waals surface area contributed by atoms with E-state index in [4.69, 9.17) is 4.74 Å². The van der Waals surface area contributed by atoms with E-state index in [0.717, 1.165) is 37.4 Å². The monoisotopic (exact) mass is 458 g/mol. The van der Waals surface area contributed by atoms with Crippen molar-refractivity contribution in [3.05, 3.63) is 65.9 Å². The molecule has 0 aliphatic heterocycles. The van der Waals surface area contributed by atoms with Crippen LogP contribution in [-0.4, -0.2) is 16.1 Å². The maximum Gasteiger partial charge on any atom is 0.421 e. The van der Waals surface area contributed by atoms with Crippen molar-refractivity contribution in [2.45, 2.75) is 58.7 Å². The van der Waals surface area contributed by atoms with Crippen molar-refractivity contribution >= 4 is 23.1 Å². The van der Waals surface area contributed by atoms with Crippen LogP contribution >= 0.6 is 0 Å². The smallest absolute Gasteiger partial charge is 0.421 e. The van der Waals surface area contributed by atoms with Gasteiger partial charge in [-0.3, -0.25) is 0 Å². The molecule has 0 bridgehead atoms. The van der Waals surface area contributed by atoms with E-state index in [-0.39, 0.29) is 17.9 Å². The number of nitrogens with one attached hydrogen (secondary N) is 2. The number of alkyl halides is 3. The molecule has 0 unspecified atom stereocenters. The fourth-order valence-corrected chi connectivity index (χ4v) is 3.32. The van der Waals surface area contributed by atoms with Crippen LogP contribution in [0.15, 0.2) is 54.7 Å². The molecule has 0 atom stereocenters. The maximum absolute atomic E-state index is 13.7. The highest BCUT2D eigenvalue weighted by atomic mass is 19.4. The van der Waals surface area contributed by atoms with Crippen molar-refractivity contribution in [3.8, 4) is 5.75 Å². The molecule has 0 aliphatic rings. The number of hydrogen-bond donors (Lipinski definition) is 2. The Kier molecular flexibility index (Phi) is 8.14. The highest BCUT2D eigenvalue weighted by Crippen LogP contribution is 2.36. The van der Waals surface area contributed by atoms with Crippen LogP contribution in [-0.2, 0) is 12.6 Å². The minimum Gasteiger partial charge on any atom is -0.491 e. The summed E-state index contributed by atoms with van der Waals surface area (Å²) in [5, 5.41) is 5.86.